The molecule has 5 rings (SSSR count). The minimum Gasteiger partial charge on any atom is -0.448 e. The van der Waals surface area contributed by atoms with Crippen LogP contribution in [0.25, 0.3) is 0 Å². The molecule has 0 bridgehead atoms. The predicted molar refractivity (Wildman–Crippen MR) is 127 cm³/mol. The van der Waals surface area contributed by atoms with Crippen molar-refractivity contribution in [2.24, 2.45) is 0 Å². The van der Waals surface area contributed by atoms with Gasteiger partial charge < -0.3 is 29.0 Å². The normalized spacial score (nSPS) is 19.4. The van der Waals surface area contributed by atoms with Crippen molar-refractivity contribution in [2.45, 2.75) is 76.7 Å². The van der Waals surface area contributed by atoms with Crippen LogP contribution in [0.3, 0.4) is 0 Å². The second kappa shape index (κ2) is 8.56. The number of nitrogens with one attached hydrogen (secondary N) is 1. The molecule has 1 aromatic carbocycles. The first-order chi connectivity index (χ1) is 16.2. The Labute approximate surface area is 200 Å². The van der Waals surface area contributed by atoms with Gasteiger partial charge in [0.25, 0.3) is 11.7 Å². The Balaban J connectivity index is 1.22. The van der Waals surface area contributed by atoms with Crippen LogP contribution >= 0.6 is 0 Å². The molecule has 1 aromatic heterocycles. The number of carbonyl (C=O) groups excluding carboxylic acids is 2. The topological polar surface area (TPSA) is 82.0 Å². The zero-order valence-electron chi connectivity index (χ0n) is 20.1. The van der Waals surface area contributed by atoms with Crippen molar-refractivity contribution in [3.63, 3.8) is 0 Å². The van der Waals surface area contributed by atoms with Gasteiger partial charge in [-0.15, -0.1) is 0 Å². The third-order valence-corrected chi connectivity index (χ3v) is 6.68. The Bertz CT molecular complexity index is 1070. The zero-order valence-corrected chi connectivity index (χ0v) is 20.1. The zero-order chi connectivity index (χ0) is 23.9. The summed E-state index contributed by atoms with van der Waals surface area (Å²) in [7, 11) is 0. The molecule has 3 aliphatic rings. The van der Waals surface area contributed by atoms with E-state index < -0.39 is 11.4 Å². The molecule has 2 amide bonds. The van der Waals surface area contributed by atoms with Crippen LogP contribution in [0.5, 0.6) is 11.5 Å². The highest BCUT2D eigenvalue weighted by molar-refractivity contribution is 6.03. The van der Waals surface area contributed by atoms with Gasteiger partial charge in [-0.2, -0.15) is 0 Å². The molecule has 0 radical (unpaired) electrons. The van der Waals surface area contributed by atoms with E-state index in [4.69, 9.17) is 14.2 Å². The smallest absolute Gasteiger partial charge is 0.410 e. The lowest BCUT2D eigenvalue weighted by molar-refractivity contribution is -0.0716. The van der Waals surface area contributed by atoms with E-state index in [0.29, 0.717) is 30.2 Å². The number of hydrogen-bond donors (Lipinski definition) is 1. The molecule has 8 nitrogen and oxygen atoms in total. The summed E-state index contributed by atoms with van der Waals surface area (Å²) in [4.78, 5) is 27.2. The molecule has 1 saturated heterocycles. The number of carbonyl (C=O) groups is 2. The molecule has 1 saturated carbocycles. The number of hydrogen-bond acceptors (Lipinski definition) is 5. The van der Waals surface area contributed by atoms with Crippen LogP contribution in [0.1, 0.15) is 75.8 Å². The van der Waals surface area contributed by atoms with Crippen molar-refractivity contribution >= 4 is 17.7 Å². The van der Waals surface area contributed by atoms with Gasteiger partial charge in [0, 0.05) is 49.9 Å². The van der Waals surface area contributed by atoms with Crippen molar-refractivity contribution in [3.8, 4) is 11.5 Å². The van der Waals surface area contributed by atoms with Crippen molar-refractivity contribution in [3.05, 3.63) is 42.2 Å². The molecule has 1 spiro atoms. The first kappa shape index (κ1) is 22.6. The van der Waals surface area contributed by atoms with Gasteiger partial charge in [-0.05, 0) is 70.7 Å². The molecule has 2 aliphatic heterocycles. The third-order valence-electron chi connectivity index (χ3n) is 6.68. The lowest BCUT2D eigenvalue weighted by Gasteiger charge is -2.34. The Kier molecular flexibility index (Phi) is 5.70. The summed E-state index contributed by atoms with van der Waals surface area (Å²) in [6, 6.07) is 9.42. The fourth-order valence-corrected chi connectivity index (χ4v) is 5.04. The Morgan fingerprint density at radius 2 is 1.76 bits per heavy atom. The first-order valence-corrected chi connectivity index (χ1v) is 12.2. The summed E-state index contributed by atoms with van der Waals surface area (Å²) in [6.07, 6.45) is 7.18. The molecule has 3 heterocycles. The molecular formula is C26H33N3O5. The number of rotatable bonds is 3. The molecule has 0 unspecified atom stereocenters. The number of aromatic nitrogens is 1. The highest BCUT2D eigenvalue weighted by atomic mass is 16.7. The number of piperidine rings is 1. The van der Waals surface area contributed by atoms with Gasteiger partial charge in [-0.3, -0.25) is 4.79 Å². The van der Waals surface area contributed by atoms with Crippen LogP contribution in [0.15, 0.2) is 36.5 Å². The monoisotopic (exact) mass is 467 g/mol. The van der Waals surface area contributed by atoms with Crippen LogP contribution in [-0.2, 0) is 4.74 Å². The lowest BCUT2D eigenvalue weighted by atomic mass is 10.0. The lowest BCUT2D eigenvalue weighted by Crippen LogP contribution is -2.42. The summed E-state index contributed by atoms with van der Waals surface area (Å²) in [5.41, 5.74) is 0.766. The van der Waals surface area contributed by atoms with Crippen molar-refractivity contribution in [2.75, 3.05) is 18.4 Å². The van der Waals surface area contributed by atoms with Crippen LogP contribution < -0.4 is 14.8 Å². The van der Waals surface area contributed by atoms with E-state index in [1.165, 1.54) is 0 Å². The second-order valence-corrected chi connectivity index (χ2v) is 10.4. The summed E-state index contributed by atoms with van der Waals surface area (Å²) in [6.45, 7) is 6.81. The molecule has 2 aromatic rings. The fourth-order valence-electron chi connectivity index (χ4n) is 5.04. The highest BCUT2D eigenvalue weighted by Crippen LogP contribution is 2.47. The van der Waals surface area contributed by atoms with Gasteiger partial charge >= 0.3 is 6.09 Å². The minimum absolute atomic E-state index is 0.147. The molecule has 182 valence electrons. The number of benzene rings is 1. The summed E-state index contributed by atoms with van der Waals surface area (Å²) >= 11 is 0. The minimum atomic E-state index is -0.520. The predicted octanol–water partition coefficient (Wildman–Crippen LogP) is 5.35. The number of likely N-dealkylation sites (tertiary alicyclic amines) is 1. The Morgan fingerprint density at radius 1 is 1.06 bits per heavy atom. The van der Waals surface area contributed by atoms with E-state index in [-0.39, 0.29) is 18.0 Å². The number of nitrogens with zero attached hydrogens (tertiary/aromatic N) is 2. The van der Waals surface area contributed by atoms with E-state index in [9.17, 15) is 9.59 Å². The third kappa shape index (κ3) is 4.58. The number of anilines is 1. The molecule has 2 fully saturated rings. The van der Waals surface area contributed by atoms with Crippen LogP contribution in [-0.4, -0.2) is 45.9 Å². The fraction of sp³-hybridized carbons (Fsp3) is 0.538. The van der Waals surface area contributed by atoms with Gasteiger partial charge in [-0.1, -0.05) is 0 Å². The van der Waals surface area contributed by atoms with Crippen molar-refractivity contribution in [1.29, 1.82) is 0 Å². The SMILES string of the molecule is CC(C)(C)OC(=O)N1CCC(n2cccc2C(=O)Nc2ccc3c(c2)OC2(CCCC2)O3)CC1. The van der Waals surface area contributed by atoms with Crippen molar-refractivity contribution < 1.29 is 23.8 Å². The molecule has 34 heavy (non-hydrogen) atoms. The van der Waals surface area contributed by atoms with Crippen molar-refractivity contribution in [1.82, 2.24) is 9.47 Å². The van der Waals surface area contributed by atoms with Gasteiger partial charge in [0.15, 0.2) is 11.5 Å². The number of fused-ring (bicyclic) bond motifs is 1. The van der Waals surface area contributed by atoms with Gasteiger partial charge in [0.1, 0.15) is 11.3 Å². The summed E-state index contributed by atoms with van der Waals surface area (Å²) < 4.78 is 19.7. The van der Waals surface area contributed by atoms with E-state index in [2.05, 4.69) is 5.32 Å². The Morgan fingerprint density at radius 3 is 2.47 bits per heavy atom. The molecule has 0 atom stereocenters. The number of ether oxygens (including phenoxy) is 3. The maximum absolute atomic E-state index is 13.1. The summed E-state index contributed by atoms with van der Waals surface area (Å²) in [5, 5.41) is 3.01. The largest absolute Gasteiger partial charge is 0.448 e. The van der Waals surface area contributed by atoms with E-state index in [0.717, 1.165) is 44.3 Å². The second-order valence-electron chi connectivity index (χ2n) is 10.4. The van der Waals surface area contributed by atoms with Crippen LogP contribution in [0, 0.1) is 0 Å². The van der Waals surface area contributed by atoms with Gasteiger partial charge in [-0.25, -0.2) is 4.79 Å². The standard InChI is InChI=1S/C26H33N3O5/c1-25(2,3)34-24(31)28-15-10-19(11-16-28)29-14-6-7-20(29)23(30)27-18-8-9-21-22(17-18)33-26(32-21)12-4-5-13-26/h6-9,14,17,19H,4-5,10-13,15-16H2,1-3H3,(H,27,30). The molecular weight excluding hydrogens is 434 g/mol. The van der Waals surface area contributed by atoms with Crippen LogP contribution in [0.4, 0.5) is 10.5 Å². The summed E-state index contributed by atoms with van der Waals surface area (Å²) in [5.74, 6) is 0.729. The van der Waals surface area contributed by atoms with Gasteiger partial charge in [0.2, 0.25) is 0 Å². The number of amides is 2. The van der Waals surface area contributed by atoms with E-state index in [1.54, 1.807) is 4.90 Å². The average molecular weight is 468 g/mol. The molecule has 8 heteroatoms. The molecule has 1 N–H and O–H groups in total. The first-order valence-electron chi connectivity index (χ1n) is 12.2. The average Bonchev–Trinajstić information content (AvgIpc) is 3.52. The highest BCUT2D eigenvalue weighted by Gasteiger charge is 2.44. The van der Waals surface area contributed by atoms with Gasteiger partial charge in [0.05, 0.1) is 0 Å². The molecule has 1 aliphatic carbocycles. The quantitative estimate of drug-likeness (QED) is 0.658. The maximum Gasteiger partial charge on any atom is 0.410 e. The maximum atomic E-state index is 13.1. The van der Waals surface area contributed by atoms with Crippen LogP contribution in [0.2, 0.25) is 0 Å². The van der Waals surface area contributed by atoms with E-state index in [1.807, 2.05) is 61.9 Å². The Hall–Kier alpha value is -3.16. The van der Waals surface area contributed by atoms with E-state index >= 15 is 0 Å².